The van der Waals surface area contributed by atoms with E-state index in [2.05, 4.69) is 23.4 Å². The molecular formula is C32H30Cl2FN7O2. The van der Waals surface area contributed by atoms with Gasteiger partial charge in [0.1, 0.15) is 24.3 Å². The van der Waals surface area contributed by atoms with Crippen molar-refractivity contribution in [1.29, 1.82) is 0 Å². The highest BCUT2D eigenvalue weighted by atomic mass is 35.5. The first-order valence-corrected chi connectivity index (χ1v) is 15.1. The summed E-state index contributed by atoms with van der Waals surface area (Å²) in [7, 11) is 2.07. The predicted molar refractivity (Wildman–Crippen MR) is 171 cm³/mol. The Morgan fingerprint density at radius 1 is 1.18 bits per heavy atom. The van der Waals surface area contributed by atoms with Gasteiger partial charge in [-0.05, 0) is 50.0 Å². The van der Waals surface area contributed by atoms with Crippen LogP contribution in [0.4, 0.5) is 10.2 Å². The van der Waals surface area contributed by atoms with Crippen molar-refractivity contribution in [2.45, 2.75) is 24.9 Å². The lowest BCUT2D eigenvalue weighted by Crippen LogP contribution is -2.56. The van der Waals surface area contributed by atoms with E-state index in [4.69, 9.17) is 49.5 Å². The van der Waals surface area contributed by atoms with E-state index in [-0.39, 0.29) is 35.6 Å². The van der Waals surface area contributed by atoms with E-state index in [1.807, 2.05) is 17.0 Å². The fraction of sp³-hybridized carbons (Fsp3) is 0.344. The van der Waals surface area contributed by atoms with Crippen molar-refractivity contribution in [3.8, 4) is 17.3 Å². The third kappa shape index (κ3) is 5.63. The zero-order chi connectivity index (χ0) is 31.0. The van der Waals surface area contributed by atoms with Crippen molar-refractivity contribution in [3.05, 3.63) is 76.3 Å². The lowest BCUT2D eigenvalue weighted by molar-refractivity contribution is -0.128. The summed E-state index contributed by atoms with van der Waals surface area (Å²) < 4.78 is 20.7. The number of likely N-dealkylation sites (N-methyl/N-ethyl adjacent to an activating group) is 1. The van der Waals surface area contributed by atoms with Gasteiger partial charge in [0.15, 0.2) is 5.65 Å². The summed E-state index contributed by atoms with van der Waals surface area (Å²) in [5.74, 6) is -0.202. The van der Waals surface area contributed by atoms with Crippen molar-refractivity contribution >= 4 is 56.7 Å². The van der Waals surface area contributed by atoms with Gasteiger partial charge in [0.25, 0.3) is 0 Å². The third-order valence-electron chi connectivity index (χ3n) is 8.41. The maximum absolute atomic E-state index is 14.6. The second-order valence-electron chi connectivity index (χ2n) is 11.0. The van der Waals surface area contributed by atoms with Gasteiger partial charge in [0.2, 0.25) is 12.5 Å². The molecule has 1 amide bonds. The first-order chi connectivity index (χ1) is 21.3. The van der Waals surface area contributed by atoms with Crippen LogP contribution in [0.1, 0.15) is 12.8 Å². The van der Waals surface area contributed by atoms with E-state index in [9.17, 15) is 9.18 Å². The molecule has 4 heterocycles. The summed E-state index contributed by atoms with van der Waals surface area (Å²) in [6, 6.07) is 10.3. The smallest absolute Gasteiger partial charge is 0.320 e. The molecule has 0 aliphatic carbocycles. The number of hydrogen-bond donors (Lipinski definition) is 0. The van der Waals surface area contributed by atoms with Gasteiger partial charge < -0.3 is 24.3 Å². The normalized spacial score (nSPS) is 19.0. The quantitative estimate of drug-likeness (QED) is 0.186. The zero-order valence-corrected chi connectivity index (χ0v) is 25.7. The predicted octanol–water partition coefficient (Wildman–Crippen LogP) is 5.89. The van der Waals surface area contributed by atoms with Crippen LogP contribution in [-0.2, 0) is 4.79 Å². The van der Waals surface area contributed by atoms with Crippen molar-refractivity contribution in [2.24, 2.45) is 0 Å². The Balaban J connectivity index is 1.47. The average molecular weight is 635 g/mol. The molecule has 226 valence electrons. The lowest BCUT2D eigenvalue weighted by atomic mass is 10.0. The van der Waals surface area contributed by atoms with Gasteiger partial charge in [-0.25, -0.2) is 15.9 Å². The van der Waals surface area contributed by atoms with Crippen molar-refractivity contribution < 1.29 is 13.9 Å². The summed E-state index contributed by atoms with van der Waals surface area (Å²) in [5.41, 5.74) is 1.32. The second kappa shape index (κ2) is 12.5. The molecule has 0 unspecified atom stereocenters. The van der Waals surface area contributed by atoms with Gasteiger partial charge in [-0.3, -0.25) is 4.79 Å². The van der Waals surface area contributed by atoms with Crippen LogP contribution in [0, 0.1) is 12.4 Å². The van der Waals surface area contributed by atoms with E-state index in [1.165, 1.54) is 12.1 Å². The van der Waals surface area contributed by atoms with Gasteiger partial charge >= 0.3 is 6.01 Å². The summed E-state index contributed by atoms with van der Waals surface area (Å²) in [5, 5.41) is 2.14. The maximum atomic E-state index is 14.6. The maximum Gasteiger partial charge on any atom is 0.320 e. The number of halogens is 3. The molecule has 0 radical (unpaired) electrons. The molecule has 0 spiro atoms. The number of aromatic nitrogens is 3. The highest BCUT2D eigenvalue weighted by molar-refractivity contribution is 6.38. The monoisotopic (exact) mass is 633 g/mol. The summed E-state index contributed by atoms with van der Waals surface area (Å²) in [4.78, 5) is 36.4. The highest BCUT2D eigenvalue weighted by Crippen LogP contribution is 2.39. The Hall–Kier alpha value is -4.04. The number of amides is 1. The summed E-state index contributed by atoms with van der Waals surface area (Å²) >= 11 is 13.3. The Labute approximate surface area is 264 Å². The van der Waals surface area contributed by atoms with Crippen LogP contribution in [0.5, 0.6) is 6.01 Å². The number of fused-ring (bicyclic) bond motifs is 2. The molecular weight excluding hydrogens is 604 g/mol. The number of likely N-dealkylation sites (tertiary alicyclic amines) is 1. The zero-order valence-electron chi connectivity index (χ0n) is 24.1. The molecule has 0 saturated carbocycles. The number of benzene rings is 2. The number of carbonyl (C=O) groups excluding carboxylic acids is 1. The molecule has 12 heteroatoms. The lowest BCUT2D eigenvalue weighted by Gasteiger charge is -2.39. The van der Waals surface area contributed by atoms with E-state index in [0.29, 0.717) is 64.8 Å². The van der Waals surface area contributed by atoms with Crippen LogP contribution in [0.25, 0.3) is 37.9 Å². The SMILES string of the molecule is [C-]#[N+]C[C@H]1CN(c2nc(OC[C@@H]3CCCN3C)nc3nc(-c4cccc5ccc(F)c(Cl)c45)c(Cl)cc23)CCN1C(=O)C=C. The Bertz CT molecular complexity index is 1810. The molecule has 2 atom stereocenters. The standard InChI is InChI=1S/C32H30Cl2FN7O2/c1-4-26(43)42-14-13-41(17-21(42)16-36-2)31-23-15-24(33)29(22-9-5-7-19-10-11-25(35)28(34)27(19)22)37-30(23)38-32(39-31)44-18-20-8-6-12-40(20)3/h4-5,7,9-11,15,20-21H,1,6,8,12-14,16-18H2,3H3/t20-,21-/m0/s1. The fourth-order valence-electron chi connectivity index (χ4n) is 6.07. The molecule has 2 aliphatic rings. The van der Waals surface area contributed by atoms with Crippen LogP contribution < -0.4 is 9.64 Å². The third-order valence-corrected chi connectivity index (χ3v) is 9.07. The second-order valence-corrected chi connectivity index (χ2v) is 11.8. The van der Waals surface area contributed by atoms with E-state index < -0.39 is 5.82 Å². The molecule has 2 aliphatic heterocycles. The first kappa shape index (κ1) is 30.0. The fourth-order valence-corrected chi connectivity index (χ4v) is 6.60. The molecule has 44 heavy (non-hydrogen) atoms. The Morgan fingerprint density at radius 3 is 2.77 bits per heavy atom. The molecule has 2 saturated heterocycles. The van der Waals surface area contributed by atoms with Gasteiger partial charge in [0.05, 0.1) is 21.1 Å². The number of pyridine rings is 1. The number of hydrogen-bond acceptors (Lipinski definition) is 7. The molecule has 0 bridgehead atoms. The topological polar surface area (TPSA) is 79.1 Å². The largest absolute Gasteiger partial charge is 0.462 e. The van der Waals surface area contributed by atoms with E-state index >= 15 is 0 Å². The van der Waals surface area contributed by atoms with Crippen LogP contribution in [-0.4, -0.2) is 89.1 Å². The number of nitrogens with zero attached hydrogens (tertiary/aromatic N) is 7. The summed E-state index contributed by atoms with van der Waals surface area (Å²) in [6.07, 6.45) is 3.39. The van der Waals surface area contributed by atoms with Crippen LogP contribution in [0.2, 0.25) is 10.0 Å². The molecule has 4 aromatic rings. The van der Waals surface area contributed by atoms with Gasteiger partial charge in [-0.2, -0.15) is 9.97 Å². The molecule has 6 rings (SSSR count). The summed E-state index contributed by atoms with van der Waals surface area (Å²) in [6.45, 7) is 13.9. The van der Waals surface area contributed by atoms with Crippen molar-refractivity contribution in [1.82, 2.24) is 24.8 Å². The van der Waals surface area contributed by atoms with Gasteiger partial charge in [-0.1, -0.05) is 54.0 Å². The first-order valence-electron chi connectivity index (χ1n) is 14.4. The average Bonchev–Trinajstić information content (AvgIpc) is 3.45. The van der Waals surface area contributed by atoms with Crippen LogP contribution in [0.3, 0.4) is 0 Å². The molecule has 2 aromatic carbocycles. The highest BCUT2D eigenvalue weighted by Gasteiger charge is 2.33. The number of piperazine rings is 1. The van der Waals surface area contributed by atoms with Crippen LogP contribution >= 0.6 is 23.2 Å². The number of anilines is 1. The molecule has 2 fully saturated rings. The molecule has 9 nitrogen and oxygen atoms in total. The number of carbonyl (C=O) groups is 1. The van der Waals surface area contributed by atoms with Crippen molar-refractivity contribution in [2.75, 3.05) is 51.3 Å². The van der Waals surface area contributed by atoms with Gasteiger partial charge in [-0.15, -0.1) is 0 Å². The number of rotatable bonds is 7. The minimum absolute atomic E-state index is 0.0121. The minimum Gasteiger partial charge on any atom is -0.462 e. The van der Waals surface area contributed by atoms with E-state index in [1.54, 1.807) is 23.1 Å². The molecule has 2 aromatic heterocycles. The van der Waals surface area contributed by atoms with Crippen LogP contribution in [0.15, 0.2) is 49.1 Å². The van der Waals surface area contributed by atoms with Gasteiger partial charge in [0, 0.05) is 36.6 Å². The number of ether oxygens (including phenoxy) is 1. The minimum atomic E-state index is -0.538. The van der Waals surface area contributed by atoms with Crippen molar-refractivity contribution in [3.63, 3.8) is 0 Å². The van der Waals surface area contributed by atoms with E-state index in [0.717, 1.165) is 24.8 Å². The Morgan fingerprint density at radius 2 is 2.02 bits per heavy atom. The molecule has 0 N–H and O–H groups in total. The Kier molecular flexibility index (Phi) is 8.54.